The van der Waals surface area contributed by atoms with Crippen molar-refractivity contribution >= 4 is 23.4 Å². The van der Waals surface area contributed by atoms with Crippen LogP contribution in [0.5, 0.6) is 0 Å². The minimum atomic E-state index is -2.15. The van der Waals surface area contributed by atoms with Gasteiger partial charge in [-0.25, -0.2) is 13.6 Å². The molecule has 1 saturated heterocycles. The van der Waals surface area contributed by atoms with Crippen LogP contribution in [0.2, 0.25) is 0 Å². The lowest BCUT2D eigenvalue weighted by atomic mass is 9.42. The van der Waals surface area contributed by atoms with Crippen LogP contribution < -0.4 is 11.1 Å². The van der Waals surface area contributed by atoms with Crippen LogP contribution in [0, 0.1) is 34.5 Å². The number of alkyl halides is 2. The van der Waals surface area contributed by atoms with Gasteiger partial charge >= 0.3 is 5.97 Å². The van der Waals surface area contributed by atoms with Crippen LogP contribution in [-0.2, 0) is 33.4 Å². The number of Topliss-reactive ketones (excluding diaryl/α,β-unsaturated/α-hetero) is 1. The molecule has 2 unspecified atom stereocenters. The number of fused-ring (bicyclic) bond motifs is 7. The third-order valence-corrected chi connectivity index (χ3v) is 11.9. The van der Waals surface area contributed by atoms with Gasteiger partial charge in [-0.05, 0) is 68.6 Å². The Hall–Kier alpha value is -2.58. The van der Waals surface area contributed by atoms with Crippen molar-refractivity contribution in [2.75, 3.05) is 19.8 Å². The van der Waals surface area contributed by atoms with E-state index >= 15 is 8.78 Å². The van der Waals surface area contributed by atoms with E-state index in [1.165, 1.54) is 18.2 Å². The zero-order chi connectivity index (χ0) is 35.4. The summed E-state index contributed by atoms with van der Waals surface area (Å²) in [5.74, 6) is -5.32. The largest absolute Gasteiger partial charge is 0.456 e. The summed E-state index contributed by atoms with van der Waals surface area (Å²) in [5.41, 5.74) is -0.801. The van der Waals surface area contributed by atoms with Crippen molar-refractivity contribution in [2.45, 2.75) is 115 Å². The van der Waals surface area contributed by atoms with Gasteiger partial charge in [0, 0.05) is 29.3 Å². The summed E-state index contributed by atoms with van der Waals surface area (Å²) in [6, 6.07) is -2.39. The van der Waals surface area contributed by atoms with Gasteiger partial charge in [0.05, 0.1) is 12.7 Å². The van der Waals surface area contributed by atoms with Gasteiger partial charge in [-0.2, -0.15) is 0 Å². The Bertz CT molecular complexity index is 1370. The lowest BCUT2D eigenvalue weighted by Gasteiger charge is -2.64. The van der Waals surface area contributed by atoms with Crippen molar-refractivity contribution in [3.63, 3.8) is 0 Å². The van der Waals surface area contributed by atoms with E-state index in [4.69, 9.17) is 19.9 Å². The number of aliphatic hydroxyl groups excluding tert-OH is 2. The standard InChI is InChI=1S/C35H50F2N2O9/c1-6-7-29-47-28-13-21-22-12-24(36)23-11-20(42)8-9-32(23,4)34(22,37)19(15-40)14-33(21,5)35(28,48-29)27(43)17-46-31(45)26(10-18(2)3)39-30(44)25(38)16-41/h8-9,11,18-19,21-22,24-26,28-29,40-41H,6-7,10,12-17,38H2,1-5H3,(H,39,44)/t19-,21?,22+,24+,25+,26+,28-,29?,32+,33+,34-,35-/m1/s1. The highest BCUT2D eigenvalue weighted by molar-refractivity contribution is 6.01. The van der Waals surface area contributed by atoms with E-state index < -0.39 is 114 Å². The molecule has 0 bridgehead atoms. The number of nitrogens with one attached hydrogen (secondary N) is 1. The molecule has 13 heteroatoms. The maximum absolute atomic E-state index is 18.0. The first-order valence-electron chi connectivity index (χ1n) is 17.1. The molecule has 1 heterocycles. The zero-order valence-corrected chi connectivity index (χ0v) is 28.4. The number of carbonyl (C=O) groups excluding carboxylic acids is 4. The number of ketones is 2. The second-order valence-electron chi connectivity index (χ2n) is 15.2. The highest BCUT2D eigenvalue weighted by Gasteiger charge is 2.79. The van der Waals surface area contributed by atoms with Crippen LogP contribution in [-0.4, -0.2) is 95.4 Å². The first-order chi connectivity index (χ1) is 22.5. The molecule has 0 aromatic heterocycles. The Morgan fingerprint density at radius 3 is 2.52 bits per heavy atom. The molecule has 1 amide bonds. The molecule has 0 aromatic rings. The molecule has 5 N–H and O–H groups in total. The molecule has 268 valence electrons. The fraction of sp³-hybridized carbons (Fsp3) is 0.771. The molecule has 11 nitrogen and oxygen atoms in total. The van der Waals surface area contributed by atoms with E-state index in [1.54, 1.807) is 13.8 Å². The van der Waals surface area contributed by atoms with E-state index in [1.807, 2.05) is 20.8 Å². The van der Waals surface area contributed by atoms with Crippen molar-refractivity contribution in [3.05, 3.63) is 23.8 Å². The molecule has 48 heavy (non-hydrogen) atoms. The monoisotopic (exact) mass is 680 g/mol. The third-order valence-electron chi connectivity index (χ3n) is 11.9. The number of esters is 1. The first kappa shape index (κ1) is 36.7. The zero-order valence-electron chi connectivity index (χ0n) is 28.4. The molecule has 0 radical (unpaired) electrons. The average molecular weight is 681 g/mol. The number of allylic oxidation sites excluding steroid dienone is 4. The van der Waals surface area contributed by atoms with Crippen molar-refractivity contribution in [1.29, 1.82) is 0 Å². The molecule has 4 fully saturated rings. The molecule has 5 rings (SSSR count). The normalized spacial score (nSPS) is 41.1. The quantitative estimate of drug-likeness (QED) is 0.224. The minimum absolute atomic E-state index is 0.00769. The summed E-state index contributed by atoms with van der Waals surface area (Å²) in [4.78, 5) is 52.4. The number of ether oxygens (including phenoxy) is 3. The number of hydrogen-bond acceptors (Lipinski definition) is 10. The topological polar surface area (TPSA) is 174 Å². The maximum Gasteiger partial charge on any atom is 0.329 e. The van der Waals surface area contributed by atoms with E-state index in [2.05, 4.69) is 5.32 Å². The number of nitrogens with two attached hydrogens (primary N) is 1. The number of hydrogen-bond donors (Lipinski definition) is 4. The molecule has 0 spiro atoms. The number of aliphatic hydroxyl groups is 2. The SMILES string of the molecule is CCCC1O[C@@H]2CC3[C@@H]4C[C@H](F)C5=CC(=O)C=C[C@]5(C)[C@@]4(F)[C@@H](CO)C[C@]3(C)[C@]2(C(=O)COC(=O)[C@H](CC(C)C)NC(=O)[C@@H](N)CO)O1. The molecular weight excluding hydrogens is 630 g/mol. The fourth-order valence-electron chi connectivity index (χ4n) is 9.72. The van der Waals surface area contributed by atoms with Crippen LogP contribution in [0.4, 0.5) is 8.78 Å². The summed E-state index contributed by atoms with van der Waals surface area (Å²) in [7, 11) is 0. The van der Waals surface area contributed by atoms with Gasteiger partial charge in [0.2, 0.25) is 11.7 Å². The van der Waals surface area contributed by atoms with Crippen molar-refractivity contribution in [2.24, 2.45) is 40.2 Å². The smallest absolute Gasteiger partial charge is 0.329 e. The molecule has 4 aliphatic carbocycles. The van der Waals surface area contributed by atoms with Crippen molar-refractivity contribution < 1.29 is 52.4 Å². The number of amides is 1. The molecule has 5 aliphatic rings. The van der Waals surface area contributed by atoms with E-state index in [-0.39, 0.29) is 37.2 Å². The number of carbonyl (C=O) groups is 4. The maximum atomic E-state index is 18.0. The second kappa shape index (κ2) is 13.3. The van der Waals surface area contributed by atoms with Crippen molar-refractivity contribution in [3.8, 4) is 0 Å². The summed E-state index contributed by atoms with van der Waals surface area (Å²) < 4.78 is 52.5. The summed E-state index contributed by atoms with van der Waals surface area (Å²) in [5, 5.41) is 22.5. The molecular formula is C35H50F2N2O9. The van der Waals surface area contributed by atoms with Gasteiger partial charge in [-0.3, -0.25) is 14.4 Å². The molecule has 1 aliphatic heterocycles. The van der Waals surface area contributed by atoms with Gasteiger partial charge in [0.25, 0.3) is 0 Å². The summed E-state index contributed by atoms with van der Waals surface area (Å²) >= 11 is 0. The van der Waals surface area contributed by atoms with E-state index in [0.29, 0.717) is 12.8 Å². The highest BCUT2D eigenvalue weighted by atomic mass is 19.1. The van der Waals surface area contributed by atoms with E-state index in [0.717, 1.165) is 0 Å². The Balaban J connectivity index is 1.48. The Morgan fingerprint density at radius 1 is 1.19 bits per heavy atom. The van der Waals surface area contributed by atoms with Crippen LogP contribution in [0.15, 0.2) is 23.8 Å². The Kier molecular flexibility index (Phi) is 10.1. The van der Waals surface area contributed by atoms with Gasteiger partial charge in [-0.15, -0.1) is 0 Å². The summed E-state index contributed by atoms with van der Waals surface area (Å²) in [6.45, 7) is 7.04. The van der Waals surface area contributed by atoms with Crippen LogP contribution in [0.1, 0.15) is 73.1 Å². The highest BCUT2D eigenvalue weighted by Crippen LogP contribution is 2.73. The number of halogens is 2. The average Bonchev–Trinajstić information content (AvgIpc) is 3.52. The molecule has 3 saturated carbocycles. The van der Waals surface area contributed by atoms with Crippen LogP contribution in [0.25, 0.3) is 0 Å². The molecule has 0 aromatic carbocycles. The predicted molar refractivity (Wildman–Crippen MR) is 168 cm³/mol. The van der Waals surface area contributed by atoms with Crippen molar-refractivity contribution in [1.82, 2.24) is 5.32 Å². The predicted octanol–water partition coefficient (Wildman–Crippen LogP) is 2.41. The first-order valence-corrected chi connectivity index (χ1v) is 17.1. The summed E-state index contributed by atoms with van der Waals surface area (Å²) in [6.07, 6.45) is 1.88. The van der Waals surface area contributed by atoms with E-state index in [9.17, 15) is 29.4 Å². The molecule has 12 atom stereocenters. The van der Waals surface area contributed by atoms with Gasteiger partial charge in [0.15, 0.2) is 24.3 Å². The van der Waals surface area contributed by atoms with Gasteiger partial charge in [0.1, 0.15) is 23.9 Å². The lowest BCUT2D eigenvalue weighted by molar-refractivity contribution is -0.224. The minimum Gasteiger partial charge on any atom is -0.456 e. The lowest BCUT2D eigenvalue weighted by Crippen LogP contribution is -2.69. The second-order valence-corrected chi connectivity index (χ2v) is 15.2. The van der Waals surface area contributed by atoms with Crippen LogP contribution in [0.3, 0.4) is 0 Å². The Labute approximate surface area is 280 Å². The Morgan fingerprint density at radius 2 is 1.90 bits per heavy atom. The van der Waals surface area contributed by atoms with Crippen LogP contribution >= 0.6 is 0 Å². The third kappa shape index (κ3) is 5.48. The fourth-order valence-corrected chi connectivity index (χ4v) is 9.72. The van der Waals surface area contributed by atoms with Gasteiger partial charge in [-0.1, -0.05) is 40.2 Å². The van der Waals surface area contributed by atoms with Gasteiger partial charge < -0.3 is 35.5 Å². The number of rotatable bonds is 12.